The molecule has 4 rings (SSSR count). The van der Waals surface area contributed by atoms with Crippen LogP contribution in [0.25, 0.3) is 11.3 Å². The summed E-state index contributed by atoms with van der Waals surface area (Å²) in [5.41, 5.74) is 2.77. The van der Waals surface area contributed by atoms with E-state index in [0.717, 1.165) is 12.1 Å². The molecule has 32 heavy (non-hydrogen) atoms. The molecular weight excluding hydrogens is 405 g/mol. The number of halogens is 1. The van der Waals surface area contributed by atoms with Gasteiger partial charge in [-0.2, -0.15) is 0 Å². The third-order valence-electron chi connectivity index (χ3n) is 5.88. The van der Waals surface area contributed by atoms with Gasteiger partial charge in [0, 0.05) is 25.9 Å². The van der Waals surface area contributed by atoms with Crippen LogP contribution >= 0.6 is 0 Å². The fraction of sp³-hybridized carbons (Fsp3) is 0.385. The minimum Gasteiger partial charge on any atom is -0.441 e. The normalized spacial score (nSPS) is 14.8. The van der Waals surface area contributed by atoms with Gasteiger partial charge in [0.15, 0.2) is 11.7 Å². The molecule has 0 bridgehead atoms. The average Bonchev–Trinajstić information content (AvgIpc) is 3.13. The van der Waals surface area contributed by atoms with Gasteiger partial charge in [0.1, 0.15) is 5.82 Å². The molecular formula is C26H30FN3O2. The zero-order chi connectivity index (χ0) is 22.2. The predicted molar refractivity (Wildman–Crippen MR) is 122 cm³/mol. The predicted octanol–water partition coefficient (Wildman–Crippen LogP) is 5.11. The highest BCUT2D eigenvalue weighted by Crippen LogP contribution is 2.23. The van der Waals surface area contributed by atoms with Gasteiger partial charge in [0.05, 0.1) is 11.8 Å². The van der Waals surface area contributed by atoms with Crippen LogP contribution in [0.15, 0.2) is 59.1 Å². The van der Waals surface area contributed by atoms with Crippen molar-refractivity contribution < 1.29 is 13.6 Å². The van der Waals surface area contributed by atoms with Crippen LogP contribution in [0, 0.1) is 5.82 Å². The fourth-order valence-electron chi connectivity index (χ4n) is 4.04. The average molecular weight is 436 g/mol. The zero-order valence-electron chi connectivity index (χ0n) is 18.4. The van der Waals surface area contributed by atoms with Gasteiger partial charge in [0.25, 0.3) is 0 Å². The summed E-state index contributed by atoms with van der Waals surface area (Å²) in [5, 5.41) is 2.95. The van der Waals surface area contributed by atoms with Crippen LogP contribution in [0.1, 0.15) is 49.1 Å². The number of oxazole rings is 1. The van der Waals surface area contributed by atoms with E-state index < -0.39 is 0 Å². The summed E-state index contributed by atoms with van der Waals surface area (Å²) in [6, 6.07) is 14.9. The molecule has 0 spiro atoms. The lowest BCUT2D eigenvalue weighted by atomic mass is 10.1. The minimum atomic E-state index is -0.356. The summed E-state index contributed by atoms with van der Waals surface area (Å²) < 4.78 is 19.5. The summed E-state index contributed by atoms with van der Waals surface area (Å²) in [6.45, 7) is 3.86. The summed E-state index contributed by atoms with van der Waals surface area (Å²) >= 11 is 0. The monoisotopic (exact) mass is 435 g/mol. The van der Waals surface area contributed by atoms with Crippen molar-refractivity contribution in [1.82, 2.24) is 15.2 Å². The highest BCUT2D eigenvalue weighted by Gasteiger charge is 2.12. The number of hydrogen-bond donors (Lipinski definition) is 1. The molecule has 0 saturated carbocycles. The first-order chi connectivity index (χ1) is 15.7. The molecule has 1 aromatic heterocycles. The number of nitrogens with one attached hydrogen (secondary N) is 1. The van der Waals surface area contributed by atoms with Gasteiger partial charge in [-0.3, -0.25) is 9.69 Å². The van der Waals surface area contributed by atoms with Crippen molar-refractivity contribution in [3.05, 3.63) is 77.6 Å². The summed E-state index contributed by atoms with van der Waals surface area (Å²) in [5.74, 6) is 0.379. The van der Waals surface area contributed by atoms with Gasteiger partial charge in [-0.05, 0) is 49.2 Å². The van der Waals surface area contributed by atoms with Crippen molar-refractivity contribution in [2.45, 2.75) is 51.6 Å². The van der Waals surface area contributed by atoms with Crippen molar-refractivity contribution in [2.75, 3.05) is 13.1 Å². The van der Waals surface area contributed by atoms with Gasteiger partial charge >= 0.3 is 0 Å². The third-order valence-corrected chi connectivity index (χ3v) is 5.88. The number of aromatic nitrogens is 1. The number of amides is 1. The Morgan fingerprint density at radius 1 is 1.00 bits per heavy atom. The number of benzene rings is 2. The van der Waals surface area contributed by atoms with Crippen LogP contribution in [-0.2, 0) is 24.3 Å². The molecule has 1 aliphatic heterocycles. The van der Waals surface area contributed by atoms with Crippen LogP contribution in [0.3, 0.4) is 0 Å². The number of carbonyl (C=O) groups is 1. The Hall–Kier alpha value is -2.99. The Bertz CT molecular complexity index is 1010. The number of rotatable bonds is 8. The Kier molecular flexibility index (Phi) is 7.67. The summed E-state index contributed by atoms with van der Waals surface area (Å²) in [4.78, 5) is 18.9. The Morgan fingerprint density at radius 2 is 1.72 bits per heavy atom. The molecule has 0 aliphatic carbocycles. The topological polar surface area (TPSA) is 58.4 Å². The van der Waals surface area contributed by atoms with E-state index in [9.17, 15) is 9.18 Å². The van der Waals surface area contributed by atoms with Gasteiger partial charge in [-0.1, -0.05) is 49.2 Å². The molecule has 2 heterocycles. The smallest absolute Gasteiger partial charge is 0.220 e. The molecule has 5 nitrogen and oxygen atoms in total. The highest BCUT2D eigenvalue weighted by molar-refractivity contribution is 5.76. The SMILES string of the molecule is O=C(CCc1ncc(-c2ccccc2F)o1)NCc1ccc(CN2CCCCCC2)cc1. The molecule has 168 valence electrons. The first-order valence-electron chi connectivity index (χ1n) is 11.4. The molecule has 6 heteroatoms. The van der Waals surface area contributed by atoms with Crippen LogP contribution in [0.2, 0.25) is 0 Å². The second-order valence-electron chi connectivity index (χ2n) is 8.38. The van der Waals surface area contributed by atoms with E-state index in [-0.39, 0.29) is 18.1 Å². The van der Waals surface area contributed by atoms with E-state index in [0.29, 0.717) is 30.2 Å². The van der Waals surface area contributed by atoms with E-state index in [1.165, 1.54) is 56.6 Å². The molecule has 0 unspecified atom stereocenters. The van der Waals surface area contributed by atoms with Gasteiger partial charge in [0.2, 0.25) is 5.91 Å². The van der Waals surface area contributed by atoms with Gasteiger partial charge in [-0.15, -0.1) is 0 Å². The van der Waals surface area contributed by atoms with Crippen molar-refractivity contribution >= 4 is 5.91 Å². The van der Waals surface area contributed by atoms with E-state index in [2.05, 4.69) is 39.5 Å². The lowest BCUT2D eigenvalue weighted by molar-refractivity contribution is -0.121. The number of likely N-dealkylation sites (tertiary alicyclic amines) is 1. The fourth-order valence-corrected chi connectivity index (χ4v) is 4.04. The first kappa shape index (κ1) is 22.2. The number of hydrogen-bond acceptors (Lipinski definition) is 4. The molecule has 1 saturated heterocycles. The molecule has 0 radical (unpaired) electrons. The van der Waals surface area contributed by atoms with Crippen molar-refractivity contribution in [2.24, 2.45) is 0 Å². The maximum absolute atomic E-state index is 13.9. The van der Waals surface area contributed by atoms with Crippen LogP contribution in [0.4, 0.5) is 4.39 Å². The van der Waals surface area contributed by atoms with Crippen molar-refractivity contribution in [3.8, 4) is 11.3 Å². The van der Waals surface area contributed by atoms with Crippen LogP contribution in [0.5, 0.6) is 0 Å². The summed E-state index contributed by atoms with van der Waals surface area (Å²) in [7, 11) is 0. The number of nitrogens with zero attached hydrogens (tertiary/aromatic N) is 2. The molecule has 1 fully saturated rings. The first-order valence-corrected chi connectivity index (χ1v) is 11.4. The second kappa shape index (κ2) is 11.0. The maximum Gasteiger partial charge on any atom is 0.220 e. The van der Waals surface area contributed by atoms with Crippen molar-refractivity contribution in [3.63, 3.8) is 0 Å². The number of aryl methyl sites for hydroxylation is 1. The third kappa shape index (κ3) is 6.26. The molecule has 3 aromatic rings. The standard InChI is InChI=1S/C26H30FN3O2/c27-23-8-4-3-7-22(23)24-18-29-26(32-24)14-13-25(31)28-17-20-9-11-21(12-10-20)19-30-15-5-1-2-6-16-30/h3-4,7-12,18H,1-2,5-6,13-17,19H2,(H,28,31). The van der Waals surface area contributed by atoms with E-state index >= 15 is 0 Å². The second-order valence-corrected chi connectivity index (χ2v) is 8.38. The molecule has 2 aromatic carbocycles. The lowest BCUT2D eigenvalue weighted by Crippen LogP contribution is -2.24. The van der Waals surface area contributed by atoms with E-state index in [4.69, 9.17) is 4.42 Å². The Labute approximate surface area is 188 Å². The van der Waals surface area contributed by atoms with Gasteiger partial charge in [-0.25, -0.2) is 9.37 Å². The maximum atomic E-state index is 13.9. The van der Waals surface area contributed by atoms with Crippen molar-refractivity contribution in [1.29, 1.82) is 0 Å². The van der Waals surface area contributed by atoms with E-state index in [1.807, 2.05) is 0 Å². The highest BCUT2D eigenvalue weighted by atomic mass is 19.1. The quantitative estimate of drug-likeness (QED) is 0.534. The Balaban J connectivity index is 1.21. The lowest BCUT2D eigenvalue weighted by Gasteiger charge is -2.19. The van der Waals surface area contributed by atoms with Crippen LogP contribution < -0.4 is 5.32 Å². The largest absolute Gasteiger partial charge is 0.441 e. The molecule has 1 N–H and O–H groups in total. The minimum absolute atomic E-state index is 0.0655. The zero-order valence-corrected chi connectivity index (χ0v) is 18.4. The van der Waals surface area contributed by atoms with E-state index in [1.54, 1.807) is 18.2 Å². The number of carbonyl (C=O) groups excluding carboxylic acids is 1. The molecule has 1 amide bonds. The summed E-state index contributed by atoms with van der Waals surface area (Å²) in [6.07, 6.45) is 7.41. The van der Waals surface area contributed by atoms with Gasteiger partial charge < -0.3 is 9.73 Å². The molecule has 1 aliphatic rings. The Morgan fingerprint density at radius 3 is 2.47 bits per heavy atom. The van der Waals surface area contributed by atoms with Crippen LogP contribution in [-0.4, -0.2) is 28.9 Å². The molecule has 0 atom stereocenters.